The van der Waals surface area contributed by atoms with Crippen LogP contribution >= 0.6 is 11.8 Å². The number of carbonyl (C=O) groups excluding carboxylic acids is 2. The number of urea groups is 1. The number of carboxylic acid groups (broad SMARTS) is 1. The zero-order chi connectivity index (χ0) is 14.8. The molecule has 0 bridgehead atoms. The van der Waals surface area contributed by atoms with E-state index in [4.69, 9.17) is 5.11 Å². The highest BCUT2D eigenvalue weighted by Crippen LogP contribution is 2.02. The molecule has 0 fully saturated rings. The number of hydrogen-bond acceptors (Lipinski definition) is 5. The van der Waals surface area contributed by atoms with E-state index in [0.29, 0.717) is 12.2 Å². The summed E-state index contributed by atoms with van der Waals surface area (Å²) in [5, 5.41) is 11.4. The molecule has 110 valence electrons. The Bertz CT molecular complexity index is 324. The second kappa shape index (κ2) is 9.48. The minimum atomic E-state index is -1.09. The van der Waals surface area contributed by atoms with Crippen molar-refractivity contribution < 1.29 is 24.2 Å². The zero-order valence-electron chi connectivity index (χ0n) is 11.3. The molecule has 19 heavy (non-hydrogen) atoms. The number of ether oxygens (including phenoxy) is 1. The van der Waals surface area contributed by atoms with Crippen LogP contribution in [0.15, 0.2) is 0 Å². The Morgan fingerprint density at radius 3 is 2.47 bits per heavy atom. The summed E-state index contributed by atoms with van der Waals surface area (Å²) in [7, 11) is 1.23. The lowest BCUT2D eigenvalue weighted by Gasteiger charge is -2.22. The van der Waals surface area contributed by atoms with Gasteiger partial charge in [0.05, 0.1) is 7.11 Å². The first-order chi connectivity index (χ1) is 8.96. The Kier molecular flexibility index (Phi) is 8.77. The van der Waals surface area contributed by atoms with Gasteiger partial charge in [-0.05, 0) is 25.4 Å². The first-order valence-corrected chi connectivity index (χ1v) is 7.19. The van der Waals surface area contributed by atoms with Gasteiger partial charge in [0.25, 0.3) is 0 Å². The van der Waals surface area contributed by atoms with E-state index in [-0.39, 0.29) is 13.1 Å². The molecule has 0 aliphatic rings. The van der Waals surface area contributed by atoms with Crippen LogP contribution in [-0.4, -0.2) is 66.2 Å². The van der Waals surface area contributed by atoms with Gasteiger partial charge < -0.3 is 20.1 Å². The Morgan fingerprint density at radius 1 is 1.42 bits per heavy atom. The predicted octanol–water partition coefficient (Wildman–Crippen LogP) is 0.397. The zero-order valence-corrected chi connectivity index (χ0v) is 12.2. The van der Waals surface area contributed by atoms with E-state index in [1.165, 1.54) is 23.8 Å². The van der Waals surface area contributed by atoms with E-state index in [9.17, 15) is 14.4 Å². The molecule has 0 saturated carbocycles. The first kappa shape index (κ1) is 17.6. The maximum Gasteiger partial charge on any atom is 0.326 e. The number of hydrogen-bond donors (Lipinski definition) is 2. The molecule has 0 aromatic rings. The molecule has 0 aliphatic heterocycles. The molecule has 1 atom stereocenters. The second-order valence-corrected chi connectivity index (χ2v) is 4.70. The van der Waals surface area contributed by atoms with Gasteiger partial charge in [-0.15, -0.1) is 0 Å². The number of nitrogens with zero attached hydrogens (tertiary/aromatic N) is 1. The molecule has 2 N–H and O–H groups in total. The average Bonchev–Trinajstić information content (AvgIpc) is 2.39. The fraction of sp³-hybridized carbons (Fsp3) is 0.727. The van der Waals surface area contributed by atoms with Gasteiger partial charge in [0.15, 0.2) is 0 Å². The molecule has 0 aliphatic carbocycles. The number of thioether (sulfide) groups is 1. The van der Waals surface area contributed by atoms with Gasteiger partial charge in [-0.2, -0.15) is 11.8 Å². The Morgan fingerprint density at radius 2 is 2.05 bits per heavy atom. The molecule has 0 unspecified atom stereocenters. The van der Waals surface area contributed by atoms with Gasteiger partial charge in [0, 0.05) is 6.54 Å². The van der Waals surface area contributed by atoms with Crippen molar-refractivity contribution in [2.75, 3.05) is 32.2 Å². The maximum absolute atomic E-state index is 11.8. The van der Waals surface area contributed by atoms with Crippen molar-refractivity contribution in [2.45, 2.75) is 19.4 Å². The number of methoxy groups -OCH3 is 1. The molecule has 0 saturated heterocycles. The third-order valence-corrected chi connectivity index (χ3v) is 3.07. The van der Waals surface area contributed by atoms with Gasteiger partial charge in [0.2, 0.25) is 0 Å². The number of esters is 1. The van der Waals surface area contributed by atoms with Gasteiger partial charge >= 0.3 is 18.0 Å². The van der Waals surface area contributed by atoms with Crippen LogP contribution in [0.3, 0.4) is 0 Å². The molecule has 8 heteroatoms. The Labute approximate surface area is 116 Å². The summed E-state index contributed by atoms with van der Waals surface area (Å²) in [5.74, 6) is -1.01. The number of amides is 2. The molecule has 7 nitrogen and oxygen atoms in total. The normalized spacial score (nSPS) is 11.5. The summed E-state index contributed by atoms with van der Waals surface area (Å²) in [6.07, 6.45) is 2.19. The Balaban J connectivity index is 4.50. The number of aliphatic carboxylic acids is 1. The summed E-state index contributed by atoms with van der Waals surface area (Å²) < 4.78 is 4.47. The SMILES string of the molecule is CCN(CC(=O)OC)C(=O)N[C@H](CCSC)C(=O)O. The summed E-state index contributed by atoms with van der Waals surface area (Å²) in [5.41, 5.74) is 0. The van der Waals surface area contributed by atoms with Crippen LogP contribution in [0.25, 0.3) is 0 Å². The summed E-state index contributed by atoms with van der Waals surface area (Å²) in [4.78, 5) is 35.1. The maximum atomic E-state index is 11.8. The highest BCUT2D eigenvalue weighted by molar-refractivity contribution is 7.98. The lowest BCUT2D eigenvalue weighted by atomic mass is 10.2. The quantitative estimate of drug-likeness (QED) is 0.629. The predicted molar refractivity (Wildman–Crippen MR) is 72.2 cm³/mol. The van der Waals surface area contributed by atoms with E-state index in [2.05, 4.69) is 10.1 Å². The van der Waals surface area contributed by atoms with Gasteiger partial charge in [-0.1, -0.05) is 0 Å². The van der Waals surface area contributed by atoms with Gasteiger partial charge in [-0.25, -0.2) is 9.59 Å². The fourth-order valence-electron chi connectivity index (χ4n) is 1.28. The van der Waals surface area contributed by atoms with Crippen molar-refractivity contribution in [1.29, 1.82) is 0 Å². The monoisotopic (exact) mass is 292 g/mol. The molecule has 0 aromatic carbocycles. The van der Waals surface area contributed by atoms with E-state index < -0.39 is 24.0 Å². The molecule has 0 radical (unpaired) electrons. The smallest absolute Gasteiger partial charge is 0.326 e. The fourth-order valence-corrected chi connectivity index (χ4v) is 1.75. The molecule has 0 heterocycles. The average molecular weight is 292 g/mol. The summed E-state index contributed by atoms with van der Waals surface area (Å²) >= 11 is 1.50. The molecule has 0 spiro atoms. The highest BCUT2D eigenvalue weighted by atomic mass is 32.2. The minimum Gasteiger partial charge on any atom is -0.480 e. The van der Waals surface area contributed by atoms with Crippen molar-refractivity contribution in [3.05, 3.63) is 0 Å². The number of rotatable bonds is 8. The van der Waals surface area contributed by atoms with Crippen LogP contribution in [0.2, 0.25) is 0 Å². The van der Waals surface area contributed by atoms with Gasteiger partial charge in [-0.3, -0.25) is 4.79 Å². The van der Waals surface area contributed by atoms with Crippen molar-refractivity contribution in [1.82, 2.24) is 10.2 Å². The van der Waals surface area contributed by atoms with Gasteiger partial charge in [0.1, 0.15) is 12.6 Å². The number of nitrogens with one attached hydrogen (secondary N) is 1. The summed E-state index contributed by atoms with van der Waals surface area (Å²) in [6.45, 7) is 1.78. The molecular formula is C11H20N2O5S. The molecule has 0 rings (SSSR count). The lowest BCUT2D eigenvalue weighted by Crippen LogP contribution is -2.49. The number of carboxylic acids is 1. The van der Waals surface area contributed by atoms with Crippen LogP contribution in [0, 0.1) is 0 Å². The van der Waals surface area contributed by atoms with E-state index in [1.807, 2.05) is 6.26 Å². The van der Waals surface area contributed by atoms with Crippen LogP contribution < -0.4 is 5.32 Å². The molecular weight excluding hydrogens is 272 g/mol. The summed E-state index contributed by atoms with van der Waals surface area (Å²) in [6, 6.07) is -1.53. The molecule has 0 aromatic heterocycles. The topological polar surface area (TPSA) is 95.9 Å². The highest BCUT2D eigenvalue weighted by Gasteiger charge is 2.23. The van der Waals surface area contributed by atoms with E-state index in [1.54, 1.807) is 6.92 Å². The van der Waals surface area contributed by atoms with Crippen molar-refractivity contribution >= 4 is 29.7 Å². The first-order valence-electron chi connectivity index (χ1n) is 5.80. The third-order valence-electron chi connectivity index (χ3n) is 2.42. The Hall–Kier alpha value is -1.44. The van der Waals surface area contributed by atoms with Crippen LogP contribution in [0.4, 0.5) is 4.79 Å². The van der Waals surface area contributed by atoms with Crippen molar-refractivity contribution in [3.63, 3.8) is 0 Å². The number of likely N-dealkylation sites (N-methyl/N-ethyl adjacent to an activating group) is 1. The van der Waals surface area contributed by atoms with Crippen LogP contribution in [0.1, 0.15) is 13.3 Å². The van der Waals surface area contributed by atoms with E-state index >= 15 is 0 Å². The molecule has 2 amide bonds. The van der Waals surface area contributed by atoms with Crippen molar-refractivity contribution in [3.8, 4) is 0 Å². The largest absolute Gasteiger partial charge is 0.480 e. The van der Waals surface area contributed by atoms with Crippen molar-refractivity contribution in [2.24, 2.45) is 0 Å². The number of carbonyl (C=O) groups is 3. The third kappa shape index (κ3) is 6.90. The van der Waals surface area contributed by atoms with Crippen LogP contribution in [0.5, 0.6) is 0 Å². The van der Waals surface area contributed by atoms with E-state index in [0.717, 1.165) is 0 Å². The lowest BCUT2D eigenvalue weighted by molar-refractivity contribution is -0.141. The van der Waals surface area contributed by atoms with Crippen LogP contribution in [-0.2, 0) is 14.3 Å². The minimum absolute atomic E-state index is 0.201. The standard InChI is InChI=1S/C11H20N2O5S/c1-4-13(7-9(14)18-2)11(17)12-8(10(15)16)5-6-19-3/h8H,4-7H2,1-3H3,(H,12,17)(H,15,16)/t8-/m1/s1. The second-order valence-electron chi connectivity index (χ2n) is 3.71.